The monoisotopic (exact) mass is 308 g/mol. The maximum Gasteiger partial charge on any atom is 0.254 e. The van der Waals surface area contributed by atoms with Gasteiger partial charge in [0.05, 0.1) is 14.2 Å². The molecule has 0 aliphatic heterocycles. The maximum atomic E-state index is 12.6. The van der Waals surface area contributed by atoms with Crippen molar-refractivity contribution in [2.75, 3.05) is 27.8 Å². The number of nitrogens with zero attached hydrogens (tertiary/aromatic N) is 1. The van der Waals surface area contributed by atoms with E-state index in [0.717, 1.165) is 12.0 Å². The molecule has 1 aromatic rings. The molecule has 0 bridgehead atoms. The van der Waals surface area contributed by atoms with E-state index in [1.807, 2.05) is 13.0 Å². The van der Waals surface area contributed by atoms with Crippen LogP contribution in [0.4, 0.5) is 0 Å². The summed E-state index contributed by atoms with van der Waals surface area (Å²) >= 11 is 0. The van der Waals surface area contributed by atoms with E-state index < -0.39 is 0 Å². The van der Waals surface area contributed by atoms with Gasteiger partial charge in [0.15, 0.2) is 11.5 Å². The molecular weight excluding hydrogens is 280 g/mol. The number of hydrogen-bond donors (Lipinski definition) is 1. The molecule has 1 unspecified atom stereocenters. The molecule has 124 valence electrons. The average molecular weight is 308 g/mol. The van der Waals surface area contributed by atoms with Gasteiger partial charge in [0.25, 0.3) is 5.91 Å². The van der Waals surface area contributed by atoms with Gasteiger partial charge in [-0.05, 0) is 37.0 Å². The van der Waals surface area contributed by atoms with Gasteiger partial charge >= 0.3 is 0 Å². The molecule has 0 aromatic heterocycles. The zero-order valence-electron chi connectivity index (χ0n) is 14.5. The van der Waals surface area contributed by atoms with Crippen LogP contribution in [0.2, 0.25) is 0 Å². The van der Waals surface area contributed by atoms with Crippen molar-refractivity contribution in [3.05, 3.63) is 23.3 Å². The fraction of sp³-hybridized carbons (Fsp3) is 0.588. The maximum absolute atomic E-state index is 12.6. The van der Waals surface area contributed by atoms with Crippen LogP contribution in [-0.4, -0.2) is 44.7 Å². The second-order valence-electron chi connectivity index (χ2n) is 5.95. The van der Waals surface area contributed by atoms with Gasteiger partial charge in [0, 0.05) is 25.2 Å². The molecular formula is C17H28N2O3. The van der Waals surface area contributed by atoms with Gasteiger partial charge in [-0.25, -0.2) is 0 Å². The van der Waals surface area contributed by atoms with Crippen molar-refractivity contribution in [3.8, 4) is 11.5 Å². The number of hydrogen-bond acceptors (Lipinski definition) is 4. The Kier molecular flexibility index (Phi) is 6.68. The zero-order chi connectivity index (χ0) is 16.9. The number of methoxy groups -OCH3 is 2. The lowest BCUT2D eigenvalue weighted by atomic mass is 10.0. The van der Waals surface area contributed by atoms with E-state index in [-0.39, 0.29) is 11.9 Å². The molecule has 0 aliphatic rings. The normalized spacial score (nSPS) is 12.2. The second kappa shape index (κ2) is 8.03. The third kappa shape index (κ3) is 4.37. The second-order valence-corrected chi connectivity index (χ2v) is 5.95. The summed E-state index contributed by atoms with van der Waals surface area (Å²) in [6.45, 7) is 6.70. The third-order valence-corrected chi connectivity index (χ3v) is 3.96. The fourth-order valence-electron chi connectivity index (χ4n) is 2.19. The molecule has 0 heterocycles. The Labute approximate surface area is 133 Å². The van der Waals surface area contributed by atoms with Crippen molar-refractivity contribution < 1.29 is 14.3 Å². The molecule has 0 fully saturated rings. The first-order valence-electron chi connectivity index (χ1n) is 7.55. The van der Waals surface area contributed by atoms with Gasteiger partial charge in [0.2, 0.25) is 0 Å². The van der Waals surface area contributed by atoms with Crippen molar-refractivity contribution in [1.29, 1.82) is 0 Å². The summed E-state index contributed by atoms with van der Waals surface area (Å²) in [5.74, 6) is 1.56. The molecule has 0 radical (unpaired) electrons. The van der Waals surface area contributed by atoms with Gasteiger partial charge in [-0.3, -0.25) is 4.79 Å². The van der Waals surface area contributed by atoms with Crippen LogP contribution in [0.3, 0.4) is 0 Å². The van der Waals surface area contributed by atoms with Gasteiger partial charge in [-0.2, -0.15) is 0 Å². The first kappa shape index (κ1) is 18.3. The summed E-state index contributed by atoms with van der Waals surface area (Å²) in [4.78, 5) is 14.3. The standard InChI is InChI=1S/C17H28N2O3/c1-11(2)14(18)7-8-19(4)17(20)13-10-16(22-6)15(21-5)9-12(13)3/h9-11,14H,7-8,18H2,1-6H3. The number of rotatable bonds is 7. The highest BCUT2D eigenvalue weighted by molar-refractivity contribution is 5.96. The van der Waals surface area contributed by atoms with Crippen LogP contribution in [0, 0.1) is 12.8 Å². The summed E-state index contributed by atoms with van der Waals surface area (Å²) in [6.07, 6.45) is 0.784. The average Bonchev–Trinajstić information content (AvgIpc) is 2.50. The summed E-state index contributed by atoms with van der Waals surface area (Å²) < 4.78 is 10.5. The van der Waals surface area contributed by atoms with Crippen LogP contribution in [0.1, 0.15) is 36.2 Å². The molecule has 1 rings (SSSR count). The lowest BCUT2D eigenvalue weighted by Crippen LogP contribution is -2.34. The smallest absolute Gasteiger partial charge is 0.254 e. The Morgan fingerprint density at radius 1 is 1.23 bits per heavy atom. The summed E-state index contributed by atoms with van der Waals surface area (Å²) in [5.41, 5.74) is 7.53. The molecule has 1 aromatic carbocycles. The summed E-state index contributed by atoms with van der Waals surface area (Å²) in [6, 6.07) is 3.65. The highest BCUT2D eigenvalue weighted by atomic mass is 16.5. The minimum Gasteiger partial charge on any atom is -0.493 e. The molecule has 1 amide bonds. The molecule has 0 saturated carbocycles. The fourth-order valence-corrected chi connectivity index (χ4v) is 2.19. The van der Waals surface area contributed by atoms with Crippen molar-refractivity contribution in [2.24, 2.45) is 11.7 Å². The number of nitrogens with two attached hydrogens (primary N) is 1. The molecule has 1 atom stereocenters. The van der Waals surface area contributed by atoms with Gasteiger partial charge in [0.1, 0.15) is 0 Å². The van der Waals surface area contributed by atoms with Crippen LogP contribution in [0.15, 0.2) is 12.1 Å². The predicted molar refractivity (Wildman–Crippen MR) is 88.7 cm³/mol. The Morgan fingerprint density at radius 2 is 1.77 bits per heavy atom. The van der Waals surface area contributed by atoms with E-state index in [2.05, 4.69) is 13.8 Å². The lowest BCUT2D eigenvalue weighted by molar-refractivity contribution is 0.0788. The van der Waals surface area contributed by atoms with Crippen LogP contribution in [0.25, 0.3) is 0 Å². The lowest BCUT2D eigenvalue weighted by Gasteiger charge is -2.22. The van der Waals surface area contributed by atoms with Gasteiger partial charge < -0.3 is 20.1 Å². The predicted octanol–water partition coefficient (Wildman–Crippen LogP) is 2.46. The Hall–Kier alpha value is -1.75. The number of ether oxygens (including phenoxy) is 2. The number of amides is 1. The van der Waals surface area contributed by atoms with E-state index >= 15 is 0 Å². The van der Waals surface area contributed by atoms with Crippen molar-refractivity contribution in [1.82, 2.24) is 4.90 Å². The highest BCUT2D eigenvalue weighted by Gasteiger charge is 2.19. The molecule has 5 nitrogen and oxygen atoms in total. The van der Waals surface area contributed by atoms with Crippen LogP contribution in [0.5, 0.6) is 11.5 Å². The van der Waals surface area contributed by atoms with E-state index in [1.54, 1.807) is 32.2 Å². The first-order chi connectivity index (χ1) is 10.3. The Morgan fingerprint density at radius 3 is 2.27 bits per heavy atom. The molecule has 0 saturated heterocycles. The zero-order valence-corrected chi connectivity index (χ0v) is 14.5. The molecule has 22 heavy (non-hydrogen) atoms. The van der Waals surface area contributed by atoms with E-state index in [1.165, 1.54) is 0 Å². The number of carbonyl (C=O) groups is 1. The molecule has 0 aliphatic carbocycles. The Balaban J connectivity index is 2.88. The van der Waals surface area contributed by atoms with Crippen LogP contribution < -0.4 is 15.2 Å². The highest BCUT2D eigenvalue weighted by Crippen LogP contribution is 2.30. The minimum absolute atomic E-state index is 0.0330. The van der Waals surface area contributed by atoms with E-state index in [9.17, 15) is 4.79 Å². The molecule has 2 N–H and O–H groups in total. The van der Waals surface area contributed by atoms with Crippen molar-refractivity contribution >= 4 is 5.91 Å². The Bertz CT molecular complexity index is 515. The molecule has 0 spiro atoms. The third-order valence-electron chi connectivity index (χ3n) is 3.96. The largest absolute Gasteiger partial charge is 0.493 e. The minimum atomic E-state index is -0.0330. The first-order valence-corrected chi connectivity index (χ1v) is 7.55. The number of aryl methyl sites for hydroxylation is 1. The SMILES string of the molecule is COc1cc(C)c(C(=O)N(C)CCC(N)C(C)C)cc1OC. The number of carbonyl (C=O) groups excluding carboxylic acids is 1. The van der Waals surface area contributed by atoms with Gasteiger partial charge in [-0.1, -0.05) is 13.8 Å². The van der Waals surface area contributed by atoms with E-state index in [4.69, 9.17) is 15.2 Å². The topological polar surface area (TPSA) is 64.8 Å². The molecule has 5 heteroatoms. The van der Waals surface area contributed by atoms with Crippen molar-refractivity contribution in [2.45, 2.75) is 33.2 Å². The van der Waals surface area contributed by atoms with Crippen LogP contribution >= 0.6 is 0 Å². The van der Waals surface area contributed by atoms with Crippen molar-refractivity contribution in [3.63, 3.8) is 0 Å². The van der Waals surface area contributed by atoms with Crippen LogP contribution in [-0.2, 0) is 0 Å². The van der Waals surface area contributed by atoms with Gasteiger partial charge in [-0.15, -0.1) is 0 Å². The number of benzene rings is 1. The quantitative estimate of drug-likeness (QED) is 0.840. The van der Waals surface area contributed by atoms with E-state index in [0.29, 0.717) is 29.5 Å². The summed E-state index contributed by atoms with van der Waals surface area (Å²) in [5, 5.41) is 0. The summed E-state index contributed by atoms with van der Waals surface area (Å²) in [7, 11) is 4.94.